The predicted octanol–water partition coefficient (Wildman–Crippen LogP) is 4.42. The third-order valence-electron chi connectivity index (χ3n) is 4.42. The molecule has 146 valence electrons. The Labute approximate surface area is 181 Å². The summed E-state index contributed by atoms with van der Waals surface area (Å²) >= 11 is 3.71. The van der Waals surface area contributed by atoms with Gasteiger partial charge in [0.05, 0.1) is 34.0 Å². The van der Waals surface area contributed by atoms with Gasteiger partial charge in [-0.2, -0.15) is 0 Å². The molecule has 0 unspecified atom stereocenters. The number of nitrogens with one attached hydrogen (secondary N) is 1. The van der Waals surface area contributed by atoms with Gasteiger partial charge in [-0.15, -0.1) is 0 Å². The molecule has 0 radical (unpaired) electrons. The zero-order valence-corrected chi connectivity index (χ0v) is 19.1. The summed E-state index contributed by atoms with van der Waals surface area (Å²) in [4.78, 5) is 21.7. The molecule has 0 saturated carbocycles. The average molecular weight is 508 g/mol. The SMILES string of the molecule is Cc1cc(C)cc(Sc2c(Cn3cnc(C)c3/C=N\O)c(C)[nH]c(=O)c2I)c1. The third kappa shape index (κ3) is 4.33. The molecule has 3 aromatic rings. The van der Waals surface area contributed by atoms with Crippen molar-refractivity contribution < 1.29 is 5.21 Å². The lowest BCUT2D eigenvalue weighted by molar-refractivity contribution is 0.321. The highest BCUT2D eigenvalue weighted by molar-refractivity contribution is 14.1. The minimum atomic E-state index is -0.0901. The summed E-state index contributed by atoms with van der Waals surface area (Å²) in [6.45, 7) is 8.42. The van der Waals surface area contributed by atoms with E-state index in [9.17, 15) is 4.79 Å². The maximum Gasteiger partial charge on any atom is 0.262 e. The molecular weight excluding hydrogens is 487 g/mol. The van der Waals surface area contributed by atoms with Gasteiger partial charge in [0.1, 0.15) is 0 Å². The molecule has 2 aromatic heterocycles. The van der Waals surface area contributed by atoms with E-state index in [1.54, 1.807) is 18.1 Å². The van der Waals surface area contributed by atoms with Gasteiger partial charge in [0.2, 0.25) is 0 Å². The fraction of sp³-hybridized carbons (Fsp3) is 0.250. The summed E-state index contributed by atoms with van der Waals surface area (Å²) in [6, 6.07) is 6.38. The first-order valence-electron chi connectivity index (χ1n) is 8.66. The third-order valence-corrected chi connectivity index (χ3v) is 6.94. The van der Waals surface area contributed by atoms with E-state index >= 15 is 0 Å². The molecule has 3 rings (SSSR count). The minimum Gasteiger partial charge on any atom is -0.411 e. The van der Waals surface area contributed by atoms with Gasteiger partial charge in [0, 0.05) is 21.0 Å². The number of benzene rings is 1. The second-order valence-corrected chi connectivity index (χ2v) is 8.88. The Morgan fingerprint density at radius 1 is 1.25 bits per heavy atom. The van der Waals surface area contributed by atoms with Crippen LogP contribution in [0, 0.1) is 31.3 Å². The van der Waals surface area contributed by atoms with Crippen LogP contribution in [-0.4, -0.2) is 26.0 Å². The number of oxime groups is 1. The van der Waals surface area contributed by atoms with Gasteiger partial charge in [-0.1, -0.05) is 23.0 Å². The van der Waals surface area contributed by atoms with E-state index in [1.165, 1.54) is 17.3 Å². The number of rotatable bonds is 5. The fourth-order valence-electron chi connectivity index (χ4n) is 3.12. The Bertz CT molecular complexity index is 1100. The number of H-pyrrole nitrogens is 1. The molecular formula is C20H21IN4O2S. The molecule has 8 heteroatoms. The quantitative estimate of drug-likeness (QED) is 0.232. The molecule has 0 amide bonds. The highest BCUT2D eigenvalue weighted by Gasteiger charge is 2.17. The predicted molar refractivity (Wildman–Crippen MR) is 120 cm³/mol. The normalized spacial score (nSPS) is 11.5. The van der Waals surface area contributed by atoms with Crippen molar-refractivity contribution >= 4 is 40.6 Å². The van der Waals surface area contributed by atoms with Crippen LogP contribution in [0.1, 0.15) is 33.8 Å². The van der Waals surface area contributed by atoms with E-state index in [0.717, 1.165) is 32.4 Å². The molecule has 28 heavy (non-hydrogen) atoms. The van der Waals surface area contributed by atoms with Gasteiger partial charge < -0.3 is 14.8 Å². The number of aromatic amines is 1. The van der Waals surface area contributed by atoms with Crippen molar-refractivity contribution in [3.8, 4) is 0 Å². The van der Waals surface area contributed by atoms with Crippen LogP contribution in [0.25, 0.3) is 0 Å². The fourth-order valence-corrected chi connectivity index (χ4v) is 5.16. The molecule has 0 aliphatic heterocycles. The molecule has 0 saturated heterocycles. The molecule has 6 nitrogen and oxygen atoms in total. The molecule has 2 N–H and O–H groups in total. The van der Waals surface area contributed by atoms with Crippen LogP contribution < -0.4 is 5.56 Å². The van der Waals surface area contributed by atoms with Crippen molar-refractivity contribution in [1.29, 1.82) is 0 Å². The lowest BCUT2D eigenvalue weighted by Crippen LogP contribution is -2.17. The lowest BCUT2D eigenvalue weighted by Gasteiger charge is -2.16. The first-order valence-corrected chi connectivity index (χ1v) is 10.6. The van der Waals surface area contributed by atoms with E-state index in [-0.39, 0.29) is 5.56 Å². The van der Waals surface area contributed by atoms with Gasteiger partial charge in [-0.3, -0.25) is 4.79 Å². The Morgan fingerprint density at radius 3 is 2.57 bits per heavy atom. The second kappa shape index (κ2) is 8.52. The number of pyridine rings is 1. The summed E-state index contributed by atoms with van der Waals surface area (Å²) in [5.41, 5.74) is 5.62. The molecule has 0 aliphatic carbocycles. The van der Waals surface area contributed by atoms with Crippen LogP contribution in [-0.2, 0) is 6.54 Å². The van der Waals surface area contributed by atoms with Gasteiger partial charge in [0.15, 0.2) is 0 Å². The number of aromatic nitrogens is 3. The summed E-state index contributed by atoms with van der Waals surface area (Å²) < 4.78 is 2.58. The van der Waals surface area contributed by atoms with Crippen LogP contribution in [0.2, 0.25) is 0 Å². The van der Waals surface area contributed by atoms with Crippen molar-refractivity contribution in [3.63, 3.8) is 0 Å². The Kier molecular flexibility index (Phi) is 6.29. The van der Waals surface area contributed by atoms with Crippen molar-refractivity contribution in [2.45, 2.75) is 44.0 Å². The topological polar surface area (TPSA) is 83.3 Å². The molecule has 2 heterocycles. The van der Waals surface area contributed by atoms with Crippen LogP contribution in [0.3, 0.4) is 0 Å². The van der Waals surface area contributed by atoms with E-state index in [2.05, 4.69) is 69.8 Å². The zero-order chi connectivity index (χ0) is 20.4. The van der Waals surface area contributed by atoms with E-state index in [4.69, 9.17) is 5.21 Å². The second-order valence-electron chi connectivity index (χ2n) is 6.71. The summed E-state index contributed by atoms with van der Waals surface area (Å²) in [5.74, 6) is 0. The van der Waals surface area contributed by atoms with E-state index < -0.39 is 0 Å². The number of hydrogen-bond acceptors (Lipinski definition) is 5. The summed E-state index contributed by atoms with van der Waals surface area (Å²) in [7, 11) is 0. The number of hydrogen-bond donors (Lipinski definition) is 2. The first-order chi connectivity index (χ1) is 13.3. The molecule has 1 aromatic carbocycles. The standard InChI is InChI=1S/C20H21IN4O2S/c1-11-5-12(2)7-15(6-11)28-19-16(13(3)24-20(26)18(19)21)9-25-10-22-14(4)17(25)8-23-27/h5-8,10,27H,9H2,1-4H3,(H,24,26)/b23-8-. The van der Waals surface area contributed by atoms with Gasteiger partial charge in [-0.25, -0.2) is 4.98 Å². The lowest BCUT2D eigenvalue weighted by atomic mass is 10.2. The zero-order valence-electron chi connectivity index (χ0n) is 16.1. The van der Waals surface area contributed by atoms with Crippen molar-refractivity contribution in [2.75, 3.05) is 0 Å². The Morgan fingerprint density at radius 2 is 1.93 bits per heavy atom. The molecule has 0 fully saturated rings. The number of aryl methyl sites for hydroxylation is 4. The Hall–Kier alpha value is -2.07. The molecule has 0 aliphatic rings. The monoisotopic (exact) mass is 508 g/mol. The van der Waals surface area contributed by atoms with Crippen molar-refractivity contribution in [2.24, 2.45) is 5.16 Å². The summed E-state index contributed by atoms with van der Waals surface area (Å²) in [6.07, 6.45) is 3.10. The maximum absolute atomic E-state index is 12.4. The average Bonchev–Trinajstić information content (AvgIpc) is 2.95. The highest BCUT2D eigenvalue weighted by atomic mass is 127. The maximum atomic E-state index is 12.4. The Balaban J connectivity index is 2.11. The number of halogens is 1. The minimum absolute atomic E-state index is 0.0901. The first kappa shape index (κ1) is 20.7. The largest absolute Gasteiger partial charge is 0.411 e. The van der Waals surface area contributed by atoms with E-state index in [0.29, 0.717) is 10.1 Å². The van der Waals surface area contributed by atoms with E-state index in [1.807, 2.05) is 18.4 Å². The van der Waals surface area contributed by atoms with Gasteiger partial charge >= 0.3 is 0 Å². The molecule has 0 atom stereocenters. The number of imidazole rings is 1. The van der Waals surface area contributed by atoms with Crippen LogP contribution in [0.5, 0.6) is 0 Å². The van der Waals surface area contributed by atoms with Crippen molar-refractivity contribution in [1.82, 2.24) is 14.5 Å². The highest BCUT2D eigenvalue weighted by Crippen LogP contribution is 2.35. The van der Waals surface area contributed by atoms with Crippen LogP contribution >= 0.6 is 34.4 Å². The molecule has 0 bridgehead atoms. The number of nitrogens with zero attached hydrogens (tertiary/aromatic N) is 3. The molecule has 0 spiro atoms. The van der Waals surface area contributed by atoms with Gasteiger partial charge in [-0.05, 0) is 73.5 Å². The van der Waals surface area contributed by atoms with Crippen LogP contribution in [0.15, 0.2) is 44.3 Å². The van der Waals surface area contributed by atoms with Gasteiger partial charge in [0.25, 0.3) is 5.56 Å². The summed E-state index contributed by atoms with van der Waals surface area (Å²) in [5, 5.41) is 12.1. The van der Waals surface area contributed by atoms with Crippen LogP contribution in [0.4, 0.5) is 0 Å². The van der Waals surface area contributed by atoms with Crippen molar-refractivity contribution in [3.05, 3.63) is 72.2 Å². The smallest absolute Gasteiger partial charge is 0.262 e.